The number of hydrogen-bond acceptors (Lipinski definition) is 4. The standard InChI is InChI=1S/C18H16FN3O2S/c1-2-16(23)22-18-21-14-7-6-11(8-15(14)25-18)9-17(24)20-13-5-3-4-12(19)10-13/h3-8,10H,2,9H2,1H3,(H,20,24)(H,21,22,23). The van der Waals surface area contributed by atoms with Gasteiger partial charge in [-0.2, -0.15) is 0 Å². The number of aromatic nitrogens is 1. The van der Waals surface area contributed by atoms with E-state index in [9.17, 15) is 14.0 Å². The van der Waals surface area contributed by atoms with Gasteiger partial charge in [0.05, 0.1) is 16.6 Å². The highest BCUT2D eigenvalue weighted by Crippen LogP contribution is 2.27. The van der Waals surface area contributed by atoms with Gasteiger partial charge in [0.25, 0.3) is 0 Å². The molecule has 0 radical (unpaired) electrons. The number of carbonyl (C=O) groups is 2. The fraction of sp³-hybridized carbons (Fsp3) is 0.167. The van der Waals surface area contributed by atoms with E-state index in [2.05, 4.69) is 15.6 Å². The molecule has 0 unspecified atom stereocenters. The molecule has 128 valence electrons. The van der Waals surface area contributed by atoms with Crippen LogP contribution in [0.3, 0.4) is 0 Å². The molecule has 5 nitrogen and oxygen atoms in total. The van der Waals surface area contributed by atoms with Crippen LogP contribution in [0.1, 0.15) is 18.9 Å². The van der Waals surface area contributed by atoms with Crippen molar-refractivity contribution in [2.75, 3.05) is 10.6 Å². The minimum absolute atomic E-state index is 0.0891. The Hall–Kier alpha value is -2.80. The number of nitrogens with zero attached hydrogens (tertiary/aromatic N) is 1. The normalized spacial score (nSPS) is 10.6. The first-order valence-electron chi connectivity index (χ1n) is 7.78. The Morgan fingerprint density at radius 1 is 1.12 bits per heavy atom. The predicted octanol–water partition coefficient (Wildman–Crippen LogP) is 3.97. The number of rotatable bonds is 5. The van der Waals surface area contributed by atoms with Gasteiger partial charge in [-0.3, -0.25) is 9.59 Å². The molecule has 2 N–H and O–H groups in total. The zero-order valence-electron chi connectivity index (χ0n) is 13.5. The van der Waals surface area contributed by atoms with Crippen molar-refractivity contribution in [1.82, 2.24) is 4.98 Å². The van der Waals surface area contributed by atoms with Crippen molar-refractivity contribution in [2.45, 2.75) is 19.8 Å². The van der Waals surface area contributed by atoms with E-state index < -0.39 is 5.82 Å². The van der Waals surface area contributed by atoms with Gasteiger partial charge in [0.1, 0.15) is 5.82 Å². The monoisotopic (exact) mass is 357 g/mol. The average molecular weight is 357 g/mol. The molecule has 0 aliphatic rings. The molecular weight excluding hydrogens is 341 g/mol. The Balaban J connectivity index is 1.70. The van der Waals surface area contributed by atoms with Gasteiger partial charge in [0.2, 0.25) is 11.8 Å². The van der Waals surface area contributed by atoms with E-state index >= 15 is 0 Å². The zero-order valence-corrected chi connectivity index (χ0v) is 14.3. The third-order valence-electron chi connectivity index (χ3n) is 3.49. The molecule has 7 heteroatoms. The van der Waals surface area contributed by atoms with Crippen molar-refractivity contribution in [1.29, 1.82) is 0 Å². The van der Waals surface area contributed by atoms with E-state index in [4.69, 9.17) is 0 Å². The summed E-state index contributed by atoms with van der Waals surface area (Å²) in [7, 11) is 0. The van der Waals surface area contributed by atoms with Gasteiger partial charge < -0.3 is 10.6 Å². The first-order chi connectivity index (χ1) is 12.0. The molecule has 1 heterocycles. The van der Waals surface area contributed by atoms with Crippen molar-refractivity contribution in [3.63, 3.8) is 0 Å². The second-order valence-electron chi connectivity index (χ2n) is 5.46. The largest absolute Gasteiger partial charge is 0.326 e. The highest BCUT2D eigenvalue weighted by atomic mass is 32.1. The number of carbonyl (C=O) groups excluding carboxylic acids is 2. The van der Waals surface area contributed by atoms with Gasteiger partial charge in [-0.1, -0.05) is 30.4 Å². The second kappa shape index (κ2) is 7.40. The van der Waals surface area contributed by atoms with E-state index in [1.165, 1.54) is 23.5 Å². The van der Waals surface area contributed by atoms with E-state index in [0.29, 0.717) is 17.2 Å². The third-order valence-corrected chi connectivity index (χ3v) is 4.43. The molecule has 3 rings (SSSR count). The summed E-state index contributed by atoms with van der Waals surface area (Å²) >= 11 is 1.36. The fourth-order valence-electron chi connectivity index (χ4n) is 2.30. The highest BCUT2D eigenvalue weighted by molar-refractivity contribution is 7.22. The lowest BCUT2D eigenvalue weighted by molar-refractivity contribution is -0.116. The molecule has 0 fully saturated rings. The van der Waals surface area contributed by atoms with Crippen LogP contribution in [0.4, 0.5) is 15.2 Å². The zero-order chi connectivity index (χ0) is 17.8. The van der Waals surface area contributed by atoms with Gasteiger partial charge in [0, 0.05) is 12.1 Å². The summed E-state index contributed by atoms with van der Waals surface area (Å²) in [5.74, 6) is -0.715. The number of fused-ring (bicyclic) bond motifs is 1. The molecule has 1 aromatic heterocycles. The highest BCUT2D eigenvalue weighted by Gasteiger charge is 2.09. The Bertz CT molecular complexity index is 939. The molecule has 2 aromatic carbocycles. The molecule has 0 aliphatic heterocycles. The topological polar surface area (TPSA) is 71.1 Å². The molecule has 0 atom stereocenters. The summed E-state index contributed by atoms with van der Waals surface area (Å²) in [6, 6.07) is 11.3. The summed E-state index contributed by atoms with van der Waals surface area (Å²) in [5.41, 5.74) is 2.01. The smallest absolute Gasteiger partial charge is 0.228 e. The Labute approximate surface area is 147 Å². The van der Waals surface area contributed by atoms with Crippen molar-refractivity contribution in [2.24, 2.45) is 0 Å². The Kier molecular flexibility index (Phi) is 5.04. The second-order valence-corrected chi connectivity index (χ2v) is 6.49. The van der Waals surface area contributed by atoms with Crippen LogP contribution in [-0.4, -0.2) is 16.8 Å². The number of thiazole rings is 1. The molecule has 0 saturated heterocycles. The van der Waals surface area contributed by atoms with E-state index in [1.54, 1.807) is 19.1 Å². The van der Waals surface area contributed by atoms with E-state index in [1.807, 2.05) is 18.2 Å². The first-order valence-corrected chi connectivity index (χ1v) is 8.60. The number of amides is 2. The third kappa shape index (κ3) is 4.39. The maximum Gasteiger partial charge on any atom is 0.228 e. The average Bonchev–Trinajstić information content (AvgIpc) is 2.96. The van der Waals surface area contributed by atoms with E-state index in [0.717, 1.165) is 15.8 Å². The maximum atomic E-state index is 13.2. The van der Waals surface area contributed by atoms with Crippen molar-refractivity contribution in [3.05, 3.63) is 53.8 Å². The summed E-state index contributed by atoms with van der Waals surface area (Å²) in [6.45, 7) is 1.78. The minimum atomic E-state index is -0.398. The van der Waals surface area contributed by atoms with Crippen LogP contribution >= 0.6 is 11.3 Å². The van der Waals surface area contributed by atoms with Crippen LogP contribution < -0.4 is 10.6 Å². The van der Waals surface area contributed by atoms with Crippen LogP contribution in [0.15, 0.2) is 42.5 Å². The predicted molar refractivity (Wildman–Crippen MR) is 97.3 cm³/mol. The van der Waals surface area contributed by atoms with Crippen molar-refractivity contribution < 1.29 is 14.0 Å². The fourth-order valence-corrected chi connectivity index (χ4v) is 3.24. The Morgan fingerprint density at radius 2 is 1.96 bits per heavy atom. The maximum absolute atomic E-state index is 13.2. The van der Waals surface area contributed by atoms with Crippen LogP contribution in [0.25, 0.3) is 10.2 Å². The molecule has 3 aromatic rings. The van der Waals surface area contributed by atoms with Gasteiger partial charge in [0.15, 0.2) is 5.13 Å². The lowest BCUT2D eigenvalue weighted by Crippen LogP contribution is -2.14. The molecule has 2 amide bonds. The van der Waals surface area contributed by atoms with E-state index in [-0.39, 0.29) is 18.2 Å². The lowest BCUT2D eigenvalue weighted by Gasteiger charge is -2.05. The molecule has 0 spiro atoms. The molecular formula is C18H16FN3O2S. The van der Waals surface area contributed by atoms with Crippen LogP contribution in [-0.2, 0) is 16.0 Å². The number of halogens is 1. The van der Waals surface area contributed by atoms with Crippen molar-refractivity contribution in [3.8, 4) is 0 Å². The van der Waals surface area contributed by atoms with Gasteiger partial charge in [-0.25, -0.2) is 9.37 Å². The molecule has 0 aliphatic carbocycles. The summed E-state index contributed by atoms with van der Waals surface area (Å²) in [5, 5.41) is 5.95. The van der Waals surface area contributed by atoms with Crippen LogP contribution in [0.5, 0.6) is 0 Å². The minimum Gasteiger partial charge on any atom is -0.326 e. The van der Waals surface area contributed by atoms with Crippen LogP contribution in [0, 0.1) is 5.82 Å². The number of nitrogens with one attached hydrogen (secondary N) is 2. The van der Waals surface area contributed by atoms with Crippen LogP contribution in [0.2, 0.25) is 0 Å². The van der Waals surface area contributed by atoms with Gasteiger partial charge in [-0.15, -0.1) is 0 Å². The summed E-state index contributed by atoms with van der Waals surface area (Å²) in [6.07, 6.45) is 0.558. The number of hydrogen-bond donors (Lipinski definition) is 2. The summed E-state index contributed by atoms with van der Waals surface area (Å²) in [4.78, 5) is 27.9. The summed E-state index contributed by atoms with van der Waals surface area (Å²) < 4.78 is 14.0. The quantitative estimate of drug-likeness (QED) is 0.726. The lowest BCUT2D eigenvalue weighted by atomic mass is 10.1. The molecule has 0 saturated carbocycles. The number of benzene rings is 2. The van der Waals surface area contributed by atoms with Gasteiger partial charge in [-0.05, 0) is 35.9 Å². The van der Waals surface area contributed by atoms with Gasteiger partial charge >= 0.3 is 0 Å². The first kappa shape index (κ1) is 17.0. The van der Waals surface area contributed by atoms with Crippen molar-refractivity contribution >= 4 is 44.2 Å². The SMILES string of the molecule is CCC(=O)Nc1nc2ccc(CC(=O)Nc3cccc(F)c3)cc2s1. The Morgan fingerprint density at radius 3 is 2.72 bits per heavy atom. The molecule has 25 heavy (non-hydrogen) atoms. The molecule has 0 bridgehead atoms. The number of anilines is 2.